The van der Waals surface area contributed by atoms with Crippen LogP contribution < -0.4 is 0 Å². The molecule has 0 radical (unpaired) electrons. The van der Waals surface area contributed by atoms with Crippen LogP contribution in [0.2, 0.25) is 0 Å². The number of aryl methyl sites for hydroxylation is 2. The molecule has 0 saturated heterocycles. The Hall–Kier alpha value is -1.69. The fourth-order valence-corrected chi connectivity index (χ4v) is 2.58. The molecule has 3 heterocycles. The molecule has 0 spiro atoms. The molecule has 0 amide bonds. The lowest BCUT2D eigenvalue weighted by molar-refractivity contribution is 0.760. The van der Waals surface area contributed by atoms with Crippen LogP contribution >= 0.6 is 15.9 Å². The zero-order chi connectivity index (χ0) is 13.4. The quantitative estimate of drug-likeness (QED) is 0.744. The minimum atomic E-state index is 0.761. The Morgan fingerprint density at radius 3 is 2.68 bits per heavy atom. The zero-order valence-corrected chi connectivity index (χ0v) is 12.4. The second-order valence-corrected chi connectivity index (χ2v) is 5.28. The molecular formula is C13H14BrN5. The maximum Gasteiger partial charge on any atom is 0.155 e. The van der Waals surface area contributed by atoms with Gasteiger partial charge in [-0.1, -0.05) is 6.92 Å². The van der Waals surface area contributed by atoms with E-state index in [0.717, 1.165) is 40.0 Å². The monoisotopic (exact) mass is 319 g/mol. The summed E-state index contributed by atoms with van der Waals surface area (Å²) in [6.07, 6.45) is 9.60. The summed E-state index contributed by atoms with van der Waals surface area (Å²) in [5, 5.41) is 4.27. The molecule has 98 valence electrons. The average molecular weight is 320 g/mol. The van der Waals surface area contributed by atoms with E-state index in [1.165, 1.54) is 0 Å². The highest BCUT2D eigenvalue weighted by atomic mass is 79.9. The number of hydrogen-bond acceptors (Lipinski definition) is 3. The molecule has 0 aliphatic heterocycles. The van der Waals surface area contributed by atoms with Gasteiger partial charge in [-0.25, -0.2) is 4.98 Å². The fraction of sp³-hybridized carbons (Fsp3) is 0.308. The lowest BCUT2D eigenvalue weighted by atomic mass is 10.2. The fourth-order valence-electron chi connectivity index (χ4n) is 2.09. The van der Waals surface area contributed by atoms with Gasteiger partial charge >= 0.3 is 0 Å². The summed E-state index contributed by atoms with van der Waals surface area (Å²) >= 11 is 3.46. The number of halogens is 1. The van der Waals surface area contributed by atoms with E-state index in [-0.39, 0.29) is 0 Å². The van der Waals surface area contributed by atoms with E-state index >= 15 is 0 Å². The third-order valence-corrected chi connectivity index (χ3v) is 3.70. The van der Waals surface area contributed by atoms with Gasteiger partial charge in [-0.3, -0.25) is 9.67 Å². The number of hydrogen-bond donors (Lipinski definition) is 0. The van der Waals surface area contributed by atoms with Crippen molar-refractivity contribution in [2.24, 2.45) is 7.05 Å². The second-order valence-electron chi connectivity index (χ2n) is 4.53. The van der Waals surface area contributed by atoms with Crippen molar-refractivity contribution in [1.29, 1.82) is 0 Å². The maximum atomic E-state index is 4.58. The maximum absolute atomic E-state index is 4.58. The molecule has 5 nitrogen and oxygen atoms in total. The van der Waals surface area contributed by atoms with E-state index in [1.54, 1.807) is 4.68 Å². The van der Waals surface area contributed by atoms with E-state index in [2.05, 4.69) is 44.1 Å². The number of nitrogens with zero attached hydrogens (tertiary/aromatic N) is 5. The van der Waals surface area contributed by atoms with E-state index in [9.17, 15) is 0 Å². The molecule has 0 aliphatic carbocycles. The van der Waals surface area contributed by atoms with Crippen LogP contribution in [0.5, 0.6) is 0 Å². The van der Waals surface area contributed by atoms with Crippen LogP contribution in [-0.2, 0) is 19.9 Å². The first kappa shape index (κ1) is 12.3. The Morgan fingerprint density at radius 1 is 1.21 bits per heavy atom. The molecule has 0 atom stereocenters. The highest BCUT2D eigenvalue weighted by Crippen LogP contribution is 2.18. The lowest BCUT2D eigenvalue weighted by Gasteiger charge is -1.95. The molecule has 3 rings (SSSR count). The van der Waals surface area contributed by atoms with Crippen molar-refractivity contribution in [2.75, 3.05) is 0 Å². The first-order valence-corrected chi connectivity index (χ1v) is 6.95. The van der Waals surface area contributed by atoms with E-state index in [4.69, 9.17) is 0 Å². The first-order chi connectivity index (χ1) is 9.15. The summed E-state index contributed by atoms with van der Waals surface area (Å²) in [5.74, 6) is 0. The van der Waals surface area contributed by atoms with Gasteiger partial charge in [-0.2, -0.15) is 5.10 Å². The largest absolute Gasteiger partial charge is 0.304 e. The molecule has 0 aromatic carbocycles. The van der Waals surface area contributed by atoms with Crippen molar-refractivity contribution in [1.82, 2.24) is 24.1 Å². The Labute approximate surface area is 119 Å². The van der Waals surface area contributed by atoms with Crippen molar-refractivity contribution in [2.45, 2.75) is 19.8 Å². The molecule has 3 aromatic heterocycles. The van der Waals surface area contributed by atoms with Gasteiger partial charge in [0.1, 0.15) is 4.60 Å². The van der Waals surface area contributed by atoms with Crippen molar-refractivity contribution in [3.05, 3.63) is 46.3 Å². The molecule has 6 heteroatoms. The summed E-state index contributed by atoms with van der Waals surface area (Å²) in [6.45, 7) is 2.10. The molecule has 0 saturated carbocycles. The molecule has 0 unspecified atom stereocenters. The third-order valence-electron chi connectivity index (χ3n) is 3.03. The van der Waals surface area contributed by atoms with Crippen molar-refractivity contribution >= 4 is 21.6 Å². The van der Waals surface area contributed by atoms with Crippen LogP contribution in [0.25, 0.3) is 5.65 Å². The molecule has 0 fully saturated rings. The Balaban J connectivity index is 1.95. The number of imidazole rings is 1. The SMILES string of the molecule is CCc1cn2cc(Cc3cn(C)nc3Br)nc2cn1. The van der Waals surface area contributed by atoms with E-state index in [1.807, 2.05) is 30.0 Å². The van der Waals surface area contributed by atoms with Gasteiger partial charge in [0.15, 0.2) is 5.65 Å². The summed E-state index contributed by atoms with van der Waals surface area (Å²) < 4.78 is 4.71. The van der Waals surface area contributed by atoms with Gasteiger partial charge in [0.05, 0.1) is 17.6 Å². The van der Waals surface area contributed by atoms with Crippen LogP contribution in [0.4, 0.5) is 0 Å². The normalized spacial score (nSPS) is 11.3. The van der Waals surface area contributed by atoms with Crippen molar-refractivity contribution in [3.63, 3.8) is 0 Å². The van der Waals surface area contributed by atoms with Crippen LogP contribution in [0, 0.1) is 0 Å². The standard InChI is InChI=1S/C13H14BrN5/c1-3-10-7-19-8-11(16-12(19)5-15-10)4-9-6-18(2)17-13(9)14/h5-8H,3-4H2,1-2H3. The Bertz CT molecular complexity index is 728. The van der Waals surface area contributed by atoms with Gasteiger partial charge in [0.2, 0.25) is 0 Å². The highest BCUT2D eigenvalue weighted by Gasteiger charge is 2.09. The van der Waals surface area contributed by atoms with Gasteiger partial charge in [0.25, 0.3) is 0 Å². The van der Waals surface area contributed by atoms with Crippen LogP contribution in [0.1, 0.15) is 23.9 Å². The van der Waals surface area contributed by atoms with Gasteiger partial charge in [-0.05, 0) is 22.4 Å². The predicted molar refractivity (Wildman–Crippen MR) is 76.1 cm³/mol. The zero-order valence-electron chi connectivity index (χ0n) is 10.8. The average Bonchev–Trinajstić information content (AvgIpc) is 2.91. The van der Waals surface area contributed by atoms with Crippen LogP contribution in [-0.4, -0.2) is 24.1 Å². The molecule has 19 heavy (non-hydrogen) atoms. The molecular weight excluding hydrogens is 306 g/mol. The number of fused-ring (bicyclic) bond motifs is 1. The highest BCUT2D eigenvalue weighted by molar-refractivity contribution is 9.10. The topological polar surface area (TPSA) is 48.0 Å². The summed E-state index contributed by atoms with van der Waals surface area (Å²) in [4.78, 5) is 8.93. The second kappa shape index (κ2) is 4.77. The predicted octanol–water partition coefficient (Wildman–Crippen LogP) is 2.38. The smallest absolute Gasteiger partial charge is 0.155 e. The number of rotatable bonds is 3. The summed E-state index contributed by atoms with van der Waals surface area (Å²) in [7, 11) is 1.91. The van der Waals surface area contributed by atoms with Gasteiger partial charge in [0, 0.05) is 37.6 Å². The lowest BCUT2D eigenvalue weighted by Crippen LogP contribution is -1.91. The van der Waals surface area contributed by atoms with E-state index < -0.39 is 0 Å². The van der Waals surface area contributed by atoms with Crippen LogP contribution in [0.3, 0.4) is 0 Å². The Morgan fingerprint density at radius 2 is 2.00 bits per heavy atom. The molecule has 0 bridgehead atoms. The van der Waals surface area contributed by atoms with E-state index in [0.29, 0.717) is 0 Å². The van der Waals surface area contributed by atoms with Gasteiger partial charge < -0.3 is 4.40 Å². The summed E-state index contributed by atoms with van der Waals surface area (Å²) in [5.41, 5.74) is 4.10. The minimum absolute atomic E-state index is 0.761. The minimum Gasteiger partial charge on any atom is -0.304 e. The van der Waals surface area contributed by atoms with Crippen molar-refractivity contribution in [3.8, 4) is 0 Å². The van der Waals surface area contributed by atoms with Crippen molar-refractivity contribution < 1.29 is 0 Å². The van der Waals surface area contributed by atoms with Gasteiger partial charge in [-0.15, -0.1) is 0 Å². The molecule has 0 N–H and O–H groups in total. The molecule has 0 aliphatic rings. The first-order valence-electron chi connectivity index (χ1n) is 6.16. The third kappa shape index (κ3) is 2.40. The molecule has 3 aromatic rings. The Kier molecular flexibility index (Phi) is 3.10. The number of aromatic nitrogens is 5. The summed E-state index contributed by atoms with van der Waals surface area (Å²) in [6, 6.07) is 0. The van der Waals surface area contributed by atoms with Crippen LogP contribution in [0.15, 0.2) is 29.4 Å².